The molecule has 0 radical (unpaired) electrons. The maximum absolute atomic E-state index is 13.9. The number of thiazole rings is 1. The predicted molar refractivity (Wildman–Crippen MR) is 83.7 cm³/mol. The molecule has 0 aliphatic carbocycles. The molecule has 1 heterocycles. The normalized spacial score (nSPS) is 13.3. The molecule has 1 aromatic carbocycles. The van der Waals surface area contributed by atoms with Crippen molar-refractivity contribution in [1.82, 2.24) is 4.98 Å². The fourth-order valence-electron chi connectivity index (χ4n) is 2.37. The van der Waals surface area contributed by atoms with Crippen LogP contribution in [0.25, 0.3) is 0 Å². The first-order valence-electron chi connectivity index (χ1n) is 6.90. The molecule has 0 saturated heterocycles. The van der Waals surface area contributed by atoms with Crippen LogP contribution in [0.5, 0.6) is 0 Å². The summed E-state index contributed by atoms with van der Waals surface area (Å²) in [6, 6.07) is 3.03. The molecule has 1 atom stereocenters. The Morgan fingerprint density at radius 3 is 2.59 bits per heavy atom. The van der Waals surface area contributed by atoms with Gasteiger partial charge in [-0.05, 0) is 25.8 Å². The summed E-state index contributed by atoms with van der Waals surface area (Å²) >= 11 is 1.41. The smallest absolute Gasteiger partial charge is 0.157 e. The van der Waals surface area contributed by atoms with Gasteiger partial charge in [0.25, 0.3) is 0 Å². The first-order chi connectivity index (χ1) is 10.3. The molecule has 0 bridgehead atoms. The molecule has 2 rings (SSSR count). The zero-order chi connectivity index (χ0) is 16.3. The Kier molecular flexibility index (Phi) is 5.28. The molecule has 0 saturated carbocycles. The van der Waals surface area contributed by atoms with Crippen molar-refractivity contribution in [2.75, 3.05) is 5.75 Å². The van der Waals surface area contributed by atoms with E-state index in [0.29, 0.717) is 6.42 Å². The Labute approximate surface area is 132 Å². The van der Waals surface area contributed by atoms with Crippen LogP contribution in [-0.4, -0.2) is 19.2 Å². The van der Waals surface area contributed by atoms with E-state index in [1.54, 1.807) is 12.4 Å². The fourth-order valence-corrected chi connectivity index (χ4v) is 5.14. The van der Waals surface area contributed by atoms with Crippen molar-refractivity contribution in [1.29, 1.82) is 0 Å². The van der Waals surface area contributed by atoms with E-state index in [0.717, 1.165) is 22.7 Å². The number of rotatable bonds is 6. The van der Waals surface area contributed by atoms with Gasteiger partial charge >= 0.3 is 0 Å². The predicted octanol–water partition coefficient (Wildman–Crippen LogP) is 3.84. The molecule has 7 heteroatoms. The van der Waals surface area contributed by atoms with Gasteiger partial charge in [0, 0.05) is 16.5 Å². The summed E-state index contributed by atoms with van der Waals surface area (Å²) < 4.78 is 51.9. The van der Waals surface area contributed by atoms with Gasteiger partial charge in [-0.15, -0.1) is 11.3 Å². The first-order valence-corrected chi connectivity index (χ1v) is 9.50. The average Bonchev–Trinajstić information content (AvgIpc) is 2.85. The lowest BCUT2D eigenvalue weighted by Gasteiger charge is -2.17. The number of halogens is 2. The molecule has 0 spiro atoms. The van der Waals surface area contributed by atoms with Gasteiger partial charge < -0.3 is 0 Å². The van der Waals surface area contributed by atoms with Crippen LogP contribution in [0.4, 0.5) is 8.78 Å². The van der Waals surface area contributed by atoms with Crippen LogP contribution in [0.1, 0.15) is 34.7 Å². The summed E-state index contributed by atoms with van der Waals surface area (Å²) in [6.07, 6.45) is 0.602. The lowest BCUT2D eigenvalue weighted by Crippen LogP contribution is -2.19. The van der Waals surface area contributed by atoms with Crippen LogP contribution >= 0.6 is 11.3 Å². The molecular weight excluding hydrogens is 328 g/mol. The molecule has 120 valence electrons. The van der Waals surface area contributed by atoms with Crippen LogP contribution in [0, 0.1) is 18.6 Å². The van der Waals surface area contributed by atoms with Crippen molar-refractivity contribution in [3.05, 3.63) is 51.5 Å². The van der Waals surface area contributed by atoms with Crippen molar-refractivity contribution in [3.63, 3.8) is 0 Å². The monoisotopic (exact) mass is 345 g/mol. The quantitative estimate of drug-likeness (QED) is 0.799. The first kappa shape index (κ1) is 17.0. The molecular formula is C15H17F2NO2S2. The van der Waals surface area contributed by atoms with Crippen molar-refractivity contribution < 1.29 is 17.2 Å². The molecule has 2 aromatic rings. The van der Waals surface area contributed by atoms with Gasteiger partial charge in [-0.3, -0.25) is 0 Å². The molecule has 1 aromatic heterocycles. The summed E-state index contributed by atoms with van der Waals surface area (Å²) in [6.45, 7) is 3.51. The number of nitrogens with zero attached hydrogens (tertiary/aromatic N) is 1. The molecule has 0 aliphatic heterocycles. The van der Waals surface area contributed by atoms with E-state index in [2.05, 4.69) is 4.98 Å². The Morgan fingerprint density at radius 2 is 2.05 bits per heavy atom. The lowest BCUT2D eigenvalue weighted by molar-refractivity contribution is 0.551. The van der Waals surface area contributed by atoms with Crippen LogP contribution in [-0.2, 0) is 16.3 Å². The molecule has 1 unspecified atom stereocenters. The minimum absolute atomic E-state index is 0.0323. The highest BCUT2D eigenvalue weighted by atomic mass is 32.2. The lowest BCUT2D eigenvalue weighted by atomic mass is 10.1. The van der Waals surface area contributed by atoms with Crippen molar-refractivity contribution in [2.45, 2.75) is 31.9 Å². The largest absolute Gasteiger partial charge is 0.250 e. The molecule has 0 fully saturated rings. The highest BCUT2D eigenvalue weighted by molar-refractivity contribution is 7.91. The van der Waals surface area contributed by atoms with E-state index in [9.17, 15) is 17.2 Å². The maximum Gasteiger partial charge on any atom is 0.157 e. The second kappa shape index (κ2) is 6.83. The van der Waals surface area contributed by atoms with Gasteiger partial charge in [-0.2, -0.15) is 0 Å². The summed E-state index contributed by atoms with van der Waals surface area (Å²) in [5, 5.41) is -0.957. The highest BCUT2D eigenvalue weighted by Gasteiger charge is 2.28. The topological polar surface area (TPSA) is 47.0 Å². The van der Waals surface area contributed by atoms with Crippen LogP contribution < -0.4 is 0 Å². The summed E-state index contributed by atoms with van der Waals surface area (Å²) in [7, 11) is -3.54. The van der Waals surface area contributed by atoms with Gasteiger partial charge in [0.2, 0.25) is 0 Å². The molecule has 0 amide bonds. The number of aromatic nitrogens is 1. The highest BCUT2D eigenvalue weighted by Crippen LogP contribution is 2.30. The van der Waals surface area contributed by atoms with Crippen molar-refractivity contribution >= 4 is 21.2 Å². The van der Waals surface area contributed by atoms with Gasteiger partial charge in [0.15, 0.2) is 9.84 Å². The summed E-state index contributed by atoms with van der Waals surface area (Å²) in [5.74, 6) is -1.61. The Hall–Kier alpha value is -1.34. The Balaban J connectivity index is 2.23. The Bertz CT molecular complexity index is 757. The van der Waals surface area contributed by atoms with Crippen LogP contribution in [0.15, 0.2) is 23.7 Å². The second-order valence-corrected chi connectivity index (χ2v) is 8.28. The minimum atomic E-state index is -3.54. The van der Waals surface area contributed by atoms with E-state index in [1.165, 1.54) is 17.4 Å². The van der Waals surface area contributed by atoms with E-state index < -0.39 is 26.7 Å². The van der Waals surface area contributed by atoms with Gasteiger partial charge in [0.05, 0.1) is 22.2 Å². The third-order valence-electron chi connectivity index (χ3n) is 3.57. The number of hydrogen-bond acceptors (Lipinski definition) is 4. The SMILES string of the molecule is CCC(c1ccc(F)cc1F)S(=O)(=O)CCc1scnc1C. The van der Waals surface area contributed by atoms with Crippen molar-refractivity contribution in [3.8, 4) is 0 Å². The zero-order valence-electron chi connectivity index (χ0n) is 12.3. The number of hydrogen-bond donors (Lipinski definition) is 0. The molecule has 0 N–H and O–H groups in total. The van der Waals surface area contributed by atoms with E-state index in [1.807, 2.05) is 6.92 Å². The van der Waals surface area contributed by atoms with Gasteiger partial charge in [-0.25, -0.2) is 22.2 Å². The summed E-state index contributed by atoms with van der Waals surface area (Å²) in [5.41, 5.74) is 2.53. The third-order valence-corrected chi connectivity index (χ3v) is 6.79. The van der Waals surface area contributed by atoms with Crippen LogP contribution in [0.3, 0.4) is 0 Å². The zero-order valence-corrected chi connectivity index (χ0v) is 14.0. The minimum Gasteiger partial charge on any atom is -0.250 e. The van der Waals surface area contributed by atoms with Gasteiger partial charge in [0.1, 0.15) is 11.6 Å². The van der Waals surface area contributed by atoms with Crippen LogP contribution in [0.2, 0.25) is 0 Å². The molecule has 22 heavy (non-hydrogen) atoms. The standard InChI is InChI=1S/C15H17F2NO2S2/c1-3-15(12-5-4-11(16)8-13(12)17)22(19,20)7-6-14-10(2)18-9-21-14/h4-5,8-9,15H,3,6-7H2,1-2H3. The third kappa shape index (κ3) is 3.70. The van der Waals surface area contributed by atoms with Crippen molar-refractivity contribution in [2.24, 2.45) is 0 Å². The number of benzene rings is 1. The Morgan fingerprint density at radius 1 is 1.32 bits per heavy atom. The van der Waals surface area contributed by atoms with E-state index in [-0.39, 0.29) is 17.7 Å². The molecule has 0 aliphatic rings. The number of sulfone groups is 1. The van der Waals surface area contributed by atoms with E-state index >= 15 is 0 Å². The average molecular weight is 345 g/mol. The second-order valence-electron chi connectivity index (χ2n) is 5.04. The van der Waals surface area contributed by atoms with E-state index in [4.69, 9.17) is 0 Å². The number of aryl methyl sites for hydroxylation is 2. The van der Waals surface area contributed by atoms with Gasteiger partial charge in [-0.1, -0.05) is 13.0 Å². The molecule has 3 nitrogen and oxygen atoms in total. The summed E-state index contributed by atoms with van der Waals surface area (Å²) in [4.78, 5) is 5.00. The maximum atomic E-state index is 13.9. The fraction of sp³-hybridized carbons (Fsp3) is 0.400.